The summed E-state index contributed by atoms with van der Waals surface area (Å²) in [4.78, 5) is 0. The number of benzene rings is 2. The SMILES string of the molecule is COc1ccc([C@@H]2CCc3cc(O)c(OC)c(OC)c3O2)cc1. The Morgan fingerprint density at radius 1 is 1.00 bits per heavy atom. The average molecular weight is 316 g/mol. The summed E-state index contributed by atoms with van der Waals surface area (Å²) >= 11 is 0. The summed E-state index contributed by atoms with van der Waals surface area (Å²) in [5.74, 6) is 2.24. The molecule has 122 valence electrons. The molecule has 1 aliphatic heterocycles. The van der Waals surface area contributed by atoms with E-state index in [9.17, 15) is 5.11 Å². The van der Waals surface area contributed by atoms with E-state index >= 15 is 0 Å². The Labute approximate surface area is 135 Å². The first-order valence-electron chi connectivity index (χ1n) is 7.45. The molecule has 5 heteroatoms. The number of methoxy groups -OCH3 is 3. The lowest BCUT2D eigenvalue weighted by Gasteiger charge is -2.28. The van der Waals surface area contributed by atoms with Crippen LogP contribution in [0, 0.1) is 0 Å². The second-order valence-electron chi connectivity index (χ2n) is 5.37. The van der Waals surface area contributed by atoms with Gasteiger partial charge in [-0.3, -0.25) is 0 Å². The van der Waals surface area contributed by atoms with Gasteiger partial charge in [0, 0.05) is 5.56 Å². The zero-order chi connectivity index (χ0) is 16.4. The van der Waals surface area contributed by atoms with E-state index in [0.717, 1.165) is 29.7 Å². The van der Waals surface area contributed by atoms with Crippen LogP contribution in [0.25, 0.3) is 0 Å². The summed E-state index contributed by atoms with van der Waals surface area (Å²) in [6.07, 6.45) is 1.55. The Morgan fingerprint density at radius 2 is 1.70 bits per heavy atom. The highest BCUT2D eigenvalue weighted by Gasteiger charge is 2.28. The molecule has 0 saturated carbocycles. The fourth-order valence-corrected chi connectivity index (χ4v) is 2.90. The van der Waals surface area contributed by atoms with Crippen LogP contribution in [0.15, 0.2) is 30.3 Å². The molecule has 0 fully saturated rings. The van der Waals surface area contributed by atoms with E-state index < -0.39 is 0 Å². The highest BCUT2D eigenvalue weighted by atomic mass is 16.5. The Morgan fingerprint density at radius 3 is 2.30 bits per heavy atom. The molecule has 0 aliphatic carbocycles. The Hall–Kier alpha value is -2.56. The molecule has 0 amide bonds. The number of rotatable bonds is 4. The molecule has 1 aliphatic rings. The van der Waals surface area contributed by atoms with Crippen LogP contribution in [-0.4, -0.2) is 26.4 Å². The quantitative estimate of drug-likeness (QED) is 0.936. The van der Waals surface area contributed by atoms with Crippen LogP contribution in [0.1, 0.15) is 23.7 Å². The van der Waals surface area contributed by atoms with Crippen LogP contribution in [-0.2, 0) is 6.42 Å². The minimum atomic E-state index is -0.0726. The standard InChI is InChI=1S/C18H20O5/c1-20-13-7-4-11(5-8-13)15-9-6-12-10-14(19)17(21-2)18(22-3)16(12)23-15/h4-5,7-8,10,15,19H,6,9H2,1-3H3/t15-/m0/s1. The molecule has 3 rings (SSSR count). The predicted molar refractivity (Wildman–Crippen MR) is 85.9 cm³/mol. The van der Waals surface area contributed by atoms with E-state index in [4.69, 9.17) is 18.9 Å². The number of hydrogen-bond donors (Lipinski definition) is 1. The number of ether oxygens (including phenoxy) is 4. The minimum absolute atomic E-state index is 0.0644. The van der Waals surface area contributed by atoms with Gasteiger partial charge in [-0.25, -0.2) is 0 Å². The highest BCUT2D eigenvalue weighted by molar-refractivity contribution is 5.63. The van der Waals surface area contributed by atoms with Gasteiger partial charge in [-0.05, 0) is 36.6 Å². The molecular formula is C18H20O5. The predicted octanol–water partition coefficient (Wildman–Crippen LogP) is 3.48. The number of aromatic hydroxyl groups is 1. The van der Waals surface area contributed by atoms with Crippen molar-refractivity contribution in [3.63, 3.8) is 0 Å². The molecular weight excluding hydrogens is 296 g/mol. The van der Waals surface area contributed by atoms with Crippen molar-refractivity contribution < 1.29 is 24.1 Å². The van der Waals surface area contributed by atoms with Crippen molar-refractivity contribution in [1.29, 1.82) is 0 Å². The maximum Gasteiger partial charge on any atom is 0.207 e. The van der Waals surface area contributed by atoms with Gasteiger partial charge in [-0.15, -0.1) is 0 Å². The van der Waals surface area contributed by atoms with E-state index in [1.165, 1.54) is 14.2 Å². The molecule has 0 spiro atoms. The molecule has 0 saturated heterocycles. The van der Waals surface area contributed by atoms with Crippen LogP contribution in [0.2, 0.25) is 0 Å². The van der Waals surface area contributed by atoms with Crippen LogP contribution in [0.4, 0.5) is 0 Å². The zero-order valence-corrected chi connectivity index (χ0v) is 13.5. The lowest BCUT2D eigenvalue weighted by atomic mass is 9.96. The summed E-state index contributed by atoms with van der Waals surface area (Å²) in [7, 11) is 4.68. The van der Waals surface area contributed by atoms with E-state index in [0.29, 0.717) is 17.2 Å². The third-order valence-corrected chi connectivity index (χ3v) is 4.08. The van der Waals surface area contributed by atoms with Crippen molar-refractivity contribution in [2.45, 2.75) is 18.9 Å². The molecule has 1 atom stereocenters. The Kier molecular flexibility index (Phi) is 4.19. The summed E-state index contributed by atoms with van der Waals surface area (Å²) in [5, 5.41) is 10.0. The van der Waals surface area contributed by atoms with Gasteiger partial charge in [0.2, 0.25) is 11.5 Å². The lowest BCUT2D eigenvalue weighted by Crippen LogP contribution is -2.16. The number of hydrogen-bond acceptors (Lipinski definition) is 5. The maximum absolute atomic E-state index is 10.0. The van der Waals surface area contributed by atoms with E-state index in [-0.39, 0.29) is 11.9 Å². The first kappa shape index (κ1) is 15.3. The second-order valence-corrected chi connectivity index (χ2v) is 5.37. The third-order valence-electron chi connectivity index (χ3n) is 4.08. The van der Waals surface area contributed by atoms with Crippen molar-refractivity contribution in [3.8, 4) is 28.7 Å². The van der Waals surface area contributed by atoms with Crippen molar-refractivity contribution in [2.24, 2.45) is 0 Å². The maximum atomic E-state index is 10.0. The van der Waals surface area contributed by atoms with Gasteiger partial charge >= 0.3 is 0 Å². The number of phenolic OH excluding ortho intramolecular Hbond substituents is 1. The van der Waals surface area contributed by atoms with Crippen LogP contribution in [0.3, 0.4) is 0 Å². The van der Waals surface area contributed by atoms with Gasteiger partial charge in [0.1, 0.15) is 11.9 Å². The Balaban J connectivity index is 1.95. The molecule has 1 N–H and O–H groups in total. The van der Waals surface area contributed by atoms with Crippen molar-refractivity contribution >= 4 is 0 Å². The van der Waals surface area contributed by atoms with Gasteiger partial charge in [0.15, 0.2) is 11.5 Å². The largest absolute Gasteiger partial charge is 0.504 e. The number of phenols is 1. The van der Waals surface area contributed by atoms with Crippen LogP contribution in [0.5, 0.6) is 28.7 Å². The average Bonchev–Trinajstić information content (AvgIpc) is 2.60. The highest BCUT2D eigenvalue weighted by Crippen LogP contribution is 2.50. The Bertz CT molecular complexity index is 694. The van der Waals surface area contributed by atoms with E-state index in [2.05, 4.69) is 0 Å². The van der Waals surface area contributed by atoms with E-state index in [1.807, 2.05) is 24.3 Å². The molecule has 2 aromatic carbocycles. The topological polar surface area (TPSA) is 57.2 Å². The van der Waals surface area contributed by atoms with E-state index in [1.54, 1.807) is 13.2 Å². The normalized spacial score (nSPS) is 16.2. The first-order valence-corrected chi connectivity index (χ1v) is 7.45. The van der Waals surface area contributed by atoms with Gasteiger partial charge < -0.3 is 24.1 Å². The van der Waals surface area contributed by atoms with Crippen molar-refractivity contribution in [2.75, 3.05) is 21.3 Å². The van der Waals surface area contributed by atoms with Crippen molar-refractivity contribution in [3.05, 3.63) is 41.5 Å². The minimum Gasteiger partial charge on any atom is -0.504 e. The first-order chi connectivity index (χ1) is 11.2. The molecule has 23 heavy (non-hydrogen) atoms. The molecule has 0 aromatic heterocycles. The van der Waals surface area contributed by atoms with Gasteiger partial charge in [-0.2, -0.15) is 0 Å². The van der Waals surface area contributed by atoms with Gasteiger partial charge in [0.05, 0.1) is 21.3 Å². The smallest absolute Gasteiger partial charge is 0.207 e. The monoisotopic (exact) mass is 316 g/mol. The summed E-state index contributed by atoms with van der Waals surface area (Å²) < 4.78 is 22.0. The van der Waals surface area contributed by atoms with Gasteiger partial charge in [0.25, 0.3) is 0 Å². The fraction of sp³-hybridized carbons (Fsp3) is 0.333. The summed E-state index contributed by atoms with van der Waals surface area (Å²) in [5.41, 5.74) is 2.00. The van der Waals surface area contributed by atoms with Crippen LogP contribution < -0.4 is 18.9 Å². The second kappa shape index (κ2) is 6.28. The molecule has 0 radical (unpaired) electrons. The summed E-state index contributed by atoms with van der Waals surface area (Å²) in [6.45, 7) is 0. The third kappa shape index (κ3) is 2.74. The summed E-state index contributed by atoms with van der Waals surface area (Å²) in [6, 6.07) is 9.52. The van der Waals surface area contributed by atoms with Crippen molar-refractivity contribution in [1.82, 2.24) is 0 Å². The molecule has 2 aromatic rings. The fourth-order valence-electron chi connectivity index (χ4n) is 2.90. The lowest BCUT2D eigenvalue weighted by molar-refractivity contribution is 0.166. The zero-order valence-electron chi connectivity index (χ0n) is 13.5. The van der Waals surface area contributed by atoms with Gasteiger partial charge in [-0.1, -0.05) is 12.1 Å². The molecule has 5 nitrogen and oxygen atoms in total. The number of aryl methyl sites for hydroxylation is 1. The molecule has 1 heterocycles. The van der Waals surface area contributed by atoms with Crippen LogP contribution >= 0.6 is 0 Å². The number of fused-ring (bicyclic) bond motifs is 1. The molecule has 0 unspecified atom stereocenters. The molecule has 0 bridgehead atoms.